The molecule has 1 atom stereocenters. The number of anilines is 1. The lowest BCUT2D eigenvalue weighted by Crippen LogP contribution is -2.24. The molecule has 1 unspecified atom stereocenters. The van der Waals surface area contributed by atoms with Crippen molar-refractivity contribution in [2.24, 2.45) is 0 Å². The molecule has 4 heteroatoms. The highest BCUT2D eigenvalue weighted by Crippen LogP contribution is 2.33. The summed E-state index contributed by atoms with van der Waals surface area (Å²) in [5, 5.41) is 3.26. The molecule has 0 spiro atoms. The number of nitrogens with one attached hydrogen (secondary N) is 1. The fourth-order valence-electron chi connectivity index (χ4n) is 2.35. The van der Waals surface area contributed by atoms with Gasteiger partial charge < -0.3 is 10.1 Å². The summed E-state index contributed by atoms with van der Waals surface area (Å²) in [6.07, 6.45) is 1.13. The van der Waals surface area contributed by atoms with E-state index in [-0.39, 0.29) is 17.7 Å². The Hall–Kier alpha value is -1.84. The number of rotatable bonds is 3. The molecule has 0 aromatic heterocycles. The largest absolute Gasteiger partial charge is 0.469 e. The number of benzene rings is 1. The molecular weight excluding hydrogens is 230 g/mol. The van der Waals surface area contributed by atoms with E-state index in [1.54, 1.807) is 6.92 Å². The molecule has 1 heterocycles. The summed E-state index contributed by atoms with van der Waals surface area (Å²) >= 11 is 0. The fourth-order valence-corrected chi connectivity index (χ4v) is 2.35. The number of esters is 1. The lowest BCUT2D eigenvalue weighted by atomic mass is 9.89. The third-order valence-corrected chi connectivity index (χ3v) is 3.18. The standard InChI is InChI=1S/C14H17NO3/c1-9(16)7-10-3-4-13-12(8-10)11(5-6-15-13)14(17)18-2/h3-4,8,11,15H,5-7H2,1-2H3. The van der Waals surface area contributed by atoms with Gasteiger partial charge in [-0.25, -0.2) is 0 Å². The van der Waals surface area contributed by atoms with Gasteiger partial charge in [0, 0.05) is 18.7 Å². The van der Waals surface area contributed by atoms with E-state index in [0.29, 0.717) is 6.42 Å². The highest BCUT2D eigenvalue weighted by molar-refractivity contribution is 5.83. The van der Waals surface area contributed by atoms with Gasteiger partial charge in [-0.3, -0.25) is 9.59 Å². The molecule has 0 fully saturated rings. The average molecular weight is 247 g/mol. The lowest BCUT2D eigenvalue weighted by Gasteiger charge is -2.25. The quantitative estimate of drug-likeness (QED) is 0.829. The van der Waals surface area contributed by atoms with Crippen LogP contribution in [0.2, 0.25) is 0 Å². The Kier molecular flexibility index (Phi) is 3.65. The van der Waals surface area contributed by atoms with Crippen molar-refractivity contribution < 1.29 is 14.3 Å². The molecule has 1 aliphatic rings. The maximum absolute atomic E-state index is 11.7. The summed E-state index contributed by atoms with van der Waals surface area (Å²) in [6, 6.07) is 5.79. The van der Waals surface area contributed by atoms with E-state index in [1.165, 1.54) is 7.11 Å². The van der Waals surface area contributed by atoms with Crippen LogP contribution in [0.5, 0.6) is 0 Å². The minimum atomic E-state index is -0.224. The summed E-state index contributed by atoms with van der Waals surface area (Å²) in [5.41, 5.74) is 2.84. The zero-order valence-electron chi connectivity index (χ0n) is 10.7. The predicted molar refractivity (Wildman–Crippen MR) is 68.7 cm³/mol. The molecule has 0 saturated heterocycles. The first kappa shape index (κ1) is 12.6. The van der Waals surface area contributed by atoms with Gasteiger partial charge in [0.1, 0.15) is 5.78 Å². The third-order valence-electron chi connectivity index (χ3n) is 3.18. The predicted octanol–water partition coefficient (Wildman–Crippen LogP) is 1.89. The van der Waals surface area contributed by atoms with Crippen LogP contribution in [0.15, 0.2) is 18.2 Å². The number of ether oxygens (including phenoxy) is 1. The van der Waals surface area contributed by atoms with Crippen molar-refractivity contribution in [3.05, 3.63) is 29.3 Å². The first-order valence-corrected chi connectivity index (χ1v) is 6.05. The Labute approximate surface area is 106 Å². The van der Waals surface area contributed by atoms with Crippen molar-refractivity contribution in [1.82, 2.24) is 0 Å². The van der Waals surface area contributed by atoms with E-state index >= 15 is 0 Å². The van der Waals surface area contributed by atoms with Crippen molar-refractivity contribution in [2.75, 3.05) is 19.0 Å². The second kappa shape index (κ2) is 5.21. The lowest BCUT2D eigenvalue weighted by molar-refractivity contribution is -0.142. The molecule has 1 N–H and O–H groups in total. The molecule has 0 bridgehead atoms. The summed E-state index contributed by atoms with van der Waals surface area (Å²) in [6.45, 7) is 2.33. The highest BCUT2D eigenvalue weighted by atomic mass is 16.5. The Bertz CT molecular complexity index is 482. The van der Waals surface area contributed by atoms with E-state index in [2.05, 4.69) is 5.32 Å². The minimum Gasteiger partial charge on any atom is -0.469 e. The molecule has 1 aromatic rings. The van der Waals surface area contributed by atoms with E-state index < -0.39 is 0 Å². The monoisotopic (exact) mass is 247 g/mol. The van der Waals surface area contributed by atoms with Crippen LogP contribution in [0, 0.1) is 0 Å². The second-order valence-electron chi connectivity index (χ2n) is 4.59. The van der Waals surface area contributed by atoms with Gasteiger partial charge >= 0.3 is 5.97 Å². The molecular formula is C14H17NO3. The van der Waals surface area contributed by atoms with Crippen LogP contribution < -0.4 is 5.32 Å². The number of fused-ring (bicyclic) bond motifs is 1. The Morgan fingerprint density at radius 3 is 2.89 bits per heavy atom. The fraction of sp³-hybridized carbons (Fsp3) is 0.429. The molecule has 4 nitrogen and oxygen atoms in total. The van der Waals surface area contributed by atoms with Crippen molar-refractivity contribution in [2.45, 2.75) is 25.7 Å². The first-order chi connectivity index (χ1) is 8.61. The topological polar surface area (TPSA) is 55.4 Å². The van der Waals surface area contributed by atoms with Crippen LogP contribution in [-0.4, -0.2) is 25.4 Å². The molecule has 96 valence electrons. The molecule has 0 saturated carbocycles. The Morgan fingerprint density at radius 2 is 2.22 bits per heavy atom. The van der Waals surface area contributed by atoms with Gasteiger partial charge in [-0.1, -0.05) is 12.1 Å². The van der Waals surface area contributed by atoms with Gasteiger partial charge in [-0.2, -0.15) is 0 Å². The molecule has 1 aliphatic heterocycles. The van der Waals surface area contributed by atoms with Crippen LogP contribution in [0.1, 0.15) is 30.4 Å². The SMILES string of the molecule is COC(=O)C1CCNc2ccc(CC(C)=O)cc21. The third kappa shape index (κ3) is 2.53. The summed E-state index contributed by atoms with van der Waals surface area (Å²) in [7, 11) is 1.41. The molecule has 0 amide bonds. The first-order valence-electron chi connectivity index (χ1n) is 6.05. The number of hydrogen-bond acceptors (Lipinski definition) is 4. The summed E-state index contributed by atoms with van der Waals surface area (Å²) in [5.74, 6) is -0.316. The van der Waals surface area contributed by atoms with Crippen LogP contribution in [0.3, 0.4) is 0 Å². The van der Waals surface area contributed by atoms with Crippen molar-refractivity contribution in [1.29, 1.82) is 0 Å². The number of methoxy groups -OCH3 is 1. The number of ketones is 1. The molecule has 0 radical (unpaired) electrons. The Morgan fingerprint density at radius 1 is 1.44 bits per heavy atom. The zero-order valence-corrected chi connectivity index (χ0v) is 10.7. The maximum atomic E-state index is 11.7. The van der Waals surface area contributed by atoms with E-state index in [9.17, 15) is 9.59 Å². The smallest absolute Gasteiger partial charge is 0.313 e. The van der Waals surface area contributed by atoms with Gasteiger partial charge in [-0.15, -0.1) is 0 Å². The minimum absolute atomic E-state index is 0.119. The van der Waals surface area contributed by atoms with E-state index in [1.807, 2.05) is 18.2 Å². The van der Waals surface area contributed by atoms with Crippen LogP contribution in [0.4, 0.5) is 5.69 Å². The van der Waals surface area contributed by atoms with Gasteiger partial charge in [0.05, 0.1) is 13.0 Å². The summed E-state index contributed by atoms with van der Waals surface area (Å²) in [4.78, 5) is 22.9. The Balaban J connectivity index is 2.34. The van der Waals surface area contributed by atoms with Gasteiger partial charge in [-0.05, 0) is 30.5 Å². The van der Waals surface area contributed by atoms with Gasteiger partial charge in [0.2, 0.25) is 0 Å². The maximum Gasteiger partial charge on any atom is 0.313 e. The van der Waals surface area contributed by atoms with Crippen LogP contribution >= 0.6 is 0 Å². The van der Waals surface area contributed by atoms with Crippen LogP contribution in [0.25, 0.3) is 0 Å². The van der Waals surface area contributed by atoms with Gasteiger partial charge in [0.25, 0.3) is 0 Å². The molecule has 1 aromatic carbocycles. The van der Waals surface area contributed by atoms with Crippen molar-refractivity contribution in [3.63, 3.8) is 0 Å². The van der Waals surface area contributed by atoms with Crippen LogP contribution in [-0.2, 0) is 20.7 Å². The molecule has 2 rings (SSSR count). The van der Waals surface area contributed by atoms with E-state index in [4.69, 9.17) is 4.74 Å². The normalized spacial score (nSPS) is 17.6. The van der Waals surface area contributed by atoms with Crippen molar-refractivity contribution in [3.8, 4) is 0 Å². The molecule has 18 heavy (non-hydrogen) atoms. The number of carbonyl (C=O) groups is 2. The number of hydrogen-bond donors (Lipinski definition) is 1. The second-order valence-corrected chi connectivity index (χ2v) is 4.59. The highest BCUT2D eigenvalue weighted by Gasteiger charge is 2.27. The van der Waals surface area contributed by atoms with E-state index in [0.717, 1.165) is 29.8 Å². The number of carbonyl (C=O) groups excluding carboxylic acids is 2. The molecule has 0 aliphatic carbocycles. The van der Waals surface area contributed by atoms with Gasteiger partial charge in [0.15, 0.2) is 0 Å². The van der Waals surface area contributed by atoms with Crippen molar-refractivity contribution >= 4 is 17.4 Å². The average Bonchev–Trinajstić information content (AvgIpc) is 2.36. The zero-order chi connectivity index (χ0) is 13.1. The summed E-state index contributed by atoms with van der Waals surface area (Å²) < 4.78 is 4.83. The number of Topliss-reactive ketones (excluding diaryl/α,β-unsaturated/α-hetero) is 1.